The summed E-state index contributed by atoms with van der Waals surface area (Å²) in [5, 5.41) is 1.05. The highest BCUT2D eigenvalue weighted by Gasteiger charge is 2.28. The lowest BCUT2D eigenvalue weighted by Gasteiger charge is -2.28. The van der Waals surface area contributed by atoms with E-state index >= 15 is 0 Å². The molecule has 0 aliphatic carbocycles. The van der Waals surface area contributed by atoms with Crippen LogP contribution in [0.25, 0.3) is 10.9 Å². The molecule has 1 aliphatic rings. The van der Waals surface area contributed by atoms with Crippen molar-refractivity contribution in [3.8, 4) is 0 Å². The van der Waals surface area contributed by atoms with Crippen LogP contribution >= 0.6 is 0 Å². The largest absolute Gasteiger partial charge is 0.360 e. The van der Waals surface area contributed by atoms with Crippen molar-refractivity contribution >= 4 is 16.7 Å². The van der Waals surface area contributed by atoms with Gasteiger partial charge >= 0.3 is 0 Å². The van der Waals surface area contributed by atoms with Crippen LogP contribution in [0.1, 0.15) is 36.5 Å². The van der Waals surface area contributed by atoms with Crippen LogP contribution in [0.5, 0.6) is 0 Å². The molecular formula is C16H21N2O+. The van der Waals surface area contributed by atoms with Crippen molar-refractivity contribution < 1.29 is 9.69 Å². The van der Waals surface area contributed by atoms with Gasteiger partial charge in [0.15, 0.2) is 0 Å². The molecule has 2 N–H and O–H groups in total. The Hall–Kier alpha value is -1.61. The third kappa shape index (κ3) is 2.30. The average molecular weight is 257 g/mol. The van der Waals surface area contributed by atoms with E-state index in [0.717, 1.165) is 29.6 Å². The van der Waals surface area contributed by atoms with Gasteiger partial charge < -0.3 is 9.88 Å². The SMILES string of the molecule is C[C@@H](C(=O)c1c[nH]c2ccccc12)[NH+]1CCCCC1. The molecule has 19 heavy (non-hydrogen) atoms. The minimum Gasteiger partial charge on any atom is -0.360 e. The molecule has 1 aromatic heterocycles. The van der Waals surface area contributed by atoms with E-state index in [0.29, 0.717) is 0 Å². The van der Waals surface area contributed by atoms with Crippen molar-refractivity contribution in [1.29, 1.82) is 0 Å². The molecule has 0 radical (unpaired) electrons. The van der Waals surface area contributed by atoms with Crippen LogP contribution in [0.4, 0.5) is 0 Å². The van der Waals surface area contributed by atoms with Crippen molar-refractivity contribution in [1.82, 2.24) is 4.98 Å². The number of ketones is 1. The molecule has 3 rings (SSSR count). The van der Waals surface area contributed by atoms with Gasteiger partial charge in [0, 0.05) is 22.7 Å². The zero-order valence-electron chi connectivity index (χ0n) is 11.4. The zero-order valence-corrected chi connectivity index (χ0v) is 11.4. The van der Waals surface area contributed by atoms with E-state index in [4.69, 9.17) is 0 Å². The Bertz CT molecular complexity index is 581. The highest BCUT2D eigenvalue weighted by molar-refractivity contribution is 6.09. The minimum atomic E-state index is 0.0690. The van der Waals surface area contributed by atoms with E-state index in [2.05, 4.69) is 11.9 Å². The number of H-pyrrole nitrogens is 1. The Balaban J connectivity index is 1.86. The number of para-hydroxylation sites is 1. The predicted octanol–water partition coefficient (Wildman–Crippen LogP) is 1.81. The third-order valence-electron chi connectivity index (χ3n) is 4.36. The number of aromatic nitrogens is 1. The molecule has 100 valence electrons. The summed E-state index contributed by atoms with van der Waals surface area (Å²) in [7, 11) is 0. The average Bonchev–Trinajstić information content (AvgIpc) is 2.90. The molecule has 0 unspecified atom stereocenters. The van der Waals surface area contributed by atoms with Gasteiger partial charge in [-0.1, -0.05) is 18.2 Å². The van der Waals surface area contributed by atoms with Crippen molar-refractivity contribution in [2.75, 3.05) is 13.1 Å². The molecule has 0 bridgehead atoms. The number of nitrogens with one attached hydrogen (secondary N) is 2. The first-order valence-electron chi connectivity index (χ1n) is 7.22. The third-order valence-corrected chi connectivity index (χ3v) is 4.36. The van der Waals surface area contributed by atoms with Crippen molar-refractivity contribution in [2.45, 2.75) is 32.2 Å². The topological polar surface area (TPSA) is 37.3 Å². The molecule has 2 heterocycles. The molecule has 0 amide bonds. The van der Waals surface area contributed by atoms with E-state index in [1.807, 2.05) is 30.5 Å². The van der Waals surface area contributed by atoms with E-state index < -0.39 is 0 Å². The molecule has 1 atom stereocenters. The first-order valence-corrected chi connectivity index (χ1v) is 7.22. The Morgan fingerprint density at radius 1 is 1.21 bits per heavy atom. The van der Waals surface area contributed by atoms with Crippen LogP contribution in [-0.2, 0) is 0 Å². The van der Waals surface area contributed by atoms with Crippen LogP contribution in [0.3, 0.4) is 0 Å². The molecule has 1 saturated heterocycles. The molecule has 1 aliphatic heterocycles. The number of hydrogen-bond donors (Lipinski definition) is 2. The van der Waals surface area contributed by atoms with Crippen LogP contribution in [0, 0.1) is 0 Å². The molecule has 3 heteroatoms. The van der Waals surface area contributed by atoms with Gasteiger partial charge in [-0.2, -0.15) is 0 Å². The number of rotatable bonds is 3. The summed E-state index contributed by atoms with van der Waals surface area (Å²) in [6.45, 7) is 4.34. The smallest absolute Gasteiger partial charge is 0.221 e. The van der Waals surface area contributed by atoms with Gasteiger partial charge in [-0.05, 0) is 32.3 Å². The van der Waals surface area contributed by atoms with Crippen LogP contribution in [0.15, 0.2) is 30.5 Å². The molecule has 0 saturated carbocycles. The fraction of sp³-hybridized carbons (Fsp3) is 0.438. The quantitative estimate of drug-likeness (QED) is 0.809. The van der Waals surface area contributed by atoms with Gasteiger partial charge in [0.1, 0.15) is 6.04 Å². The van der Waals surface area contributed by atoms with Gasteiger partial charge in [-0.25, -0.2) is 0 Å². The van der Waals surface area contributed by atoms with Crippen molar-refractivity contribution in [3.05, 3.63) is 36.0 Å². The summed E-state index contributed by atoms with van der Waals surface area (Å²) in [4.78, 5) is 17.3. The molecule has 0 spiro atoms. The Kier molecular flexibility index (Phi) is 3.38. The maximum atomic E-state index is 12.7. The van der Waals surface area contributed by atoms with E-state index in [9.17, 15) is 4.79 Å². The normalized spacial score (nSPS) is 18.6. The first-order chi connectivity index (χ1) is 9.27. The predicted molar refractivity (Wildman–Crippen MR) is 76.6 cm³/mol. The fourth-order valence-corrected chi connectivity index (χ4v) is 3.13. The molecule has 1 fully saturated rings. The van der Waals surface area contributed by atoms with Crippen LogP contribution in [-0.4, -0.2) is 29.9 Å². The van der Waals surface area contributed by atoms with Gasteiger partial charge in [-0.3, -0.25) is 4.79 Å². The number of carbonyl (C=O) groups is 1. The van der Waals surface area contributed by atoms with Gasteiger partial charge in [0.25, 0.3) is 0 Å². The Morgan fingerprint density at radius 3 is 2.74 bits per heavy atom. The monoisotopic (exact) mass is 257 g/mol. The molecular weight excluding hydrogens is 236 g/mol. The number of hydrogen-bond acceptors (Lipinski definition) is 1. The number of carbonyl (C=O) groups excluding carboxylic acids is 1. The first kappa shape index (κ1) is 12.4. The number of piperidine rings is 1. The lowest BCUT2D eigenvalue weighted by atomic mass is 10.0. The minimum absolute atomic E-state index is 0.0690. The Morgan fingerprint density at radius 2 is 1.95 bits per heavy atom. The fourth-order valence-electron chi connectivity index (χ4n) is 3.13. The second kappa shape index (κ2) is 5.17. The maximum absolute atomic E-state index is 12.7. The van der Waals surface area contributed by atoms with Gasteiger partial charge in [-0.15, -0.1) is 0 Å². The maximum Gasteiger partial charge on any atom is 0.221 e. The van der Waals surface area contributed by atoms with E-state index in [1.165, 1.54) is 24.2 Å². The van der Waals surface area contributed by atoms with Gasteiger partial charge in [0.05, 0.1) is 13.1 Å². The number of benzene rings is 1. The number of Topliss-reactive ketones (excluding diaryl/α,β-unsaturated/α-hetero) is 1. The van der Waals surface area contributed by atoms with Crippen molar-refractivity contribution in [2.24, 2.45) is 0 Å². The number of quaternary nitrogens is 1. The second-order valence-electron chi connectivity index (χ2n) is 5.55. The van der Waals surface area contributed by atoms with Crippen LogP contribution < -0.4 is 4.90 Å². The highest BCUT2D eigenvalue weighted by Crippen LogP contribution is 2.18. The zero-order chi connectivity index (χ0) is 13.2. The lowest BCUT2D eigenvalue weighted by molar-refractivity contribution is -0.918. The Labute approximate surface area is 113 Å². The summed E-state index contributed by atoms with van der Waals surface area (Å²) in [6, 6.07) is 8.10. The molecule has 2 aromatic rings. The summed E-state index contributed by atoms with van der Waals surface area (Å²) in [5.74, 6) is 0.273. The molecule has 3 nitrogen and oxygen atoms in total. The number of aromatic amines is 1. The standard InChI is InChI=1S/C16H20N2O/c1-12(18-9-5-2-6-10-18)16(19)14-11-17-15-8-4-3-7-13(14)15/h3-4,7-8,11-12,17H,2,5-6,9-10H2,1H3/p+1/t12-/m0/s1. The van der Waals surface area contributed by atoms with Crippen molar-refractivity contribution in [3.63, 3.8) is 0 Å². The summed E-state index contributed by atoms with van der Waals surface area (Å²) >= 11 is 0. The highest BCUT2D eigenvalue weighted by atomic mass is 16.1. The summed E-state index contributed by atoms with van der Waals surface area (Å²) < 4.78 is 0. The lowest BCUT2D eigenvalue weighted by Crippen LogP contribution is -3.17. The number of fused-ring (bicyclic) bond motifs is 1. The molecule has 1 aromatic carbocycles. The van der Waals surface area contributed by atoms with E-state index in [1.54, 1.807) is 0 Å². The second-order valence-corrected chi connectivity index (χ2v) is 5.55. The number of likely N-dealkylation sites (tertiary alicyclic amines) is 1. The van der Waals surface area contributed by atoms with Gasteiger partial charge in [0.2, 0.25) is 5.78 Å². The van der Waals surface area contributed by atoms with E-state index in [-0.39, 0.29) is 11.8 Å². The summed E-state index contributed by atoms with van der Waals surface area (Å²) in [6.07, 6.45) is 5.69. The van der Waals surface area contributed by atoms with Crippen LogP contribution in [0.2, 0.25) is 0 Å². The summed E-state index contributed by atoms with van der Waals surface area (Å²) in [5.41, 5.74) is 1.90.